The Labute approximate surface area is 117 Å². The summed E-state index contributed by atoms with van der Waals surface area (Å²) in [5, 5.41) is 3.29. The molecule has 0 saturated carbocycles. The number of halogens is 1. The van der Waals surface area contributed by atoms with Gasteiger partial charge in [0.25, 0.3) is 0 Å². The van der Waals surface area contributed by atoms with Gasteiger partial charge < -0.3 is 10.1 Å². The highest BCUT2D eigenvalue weighted by atomic mass is 79.9. The molecular formula is C14H20BrNO2. The number of carbonyl (C=O) groups excluding carboxylic acids is 1. The Kier molecular flexibility index (Phi) is 5.66. The van der Waals surface area contributed by atoms with Crippen LogP contribution in [0.2, 0.25) is 0 Å². The van der Waals surface area contributed by atoms with Crippen LogP contribution in [0.25, 0.3) is 0 Å². The first-order valence-electron chi connectivity index (χ1n) is 6.23. The number of para-hydroxylation sites is 1. The lowest BCUT2D eigenvalue weighted by atomic mass is 9.95. The lowest BCUT2D eigenvalue weighted by molar-refractivity contribution is -0.148. The van der Waals surface area contributed by atoms with Crippen molar-refractivity contribution in [2.24, 2.45) is 0 Å². The number of benzene rings is 1. The number of hydrogen-bond acceptors (Lipinski definition) is 3. The number of hydrogen-bond donors (Lipinski definition) is 1. The molecule has 4 heteroatoms. The number of esters is 1. The highest BCUT2D eigenvalue weighted by Crippen LogP contribution is 2.27. The maximum absolute atomic E-state index is 12.1. The quantitative estimate of drug-likeness (QED) is 0.807. The number of anilines is 1. The Balaban J connectivity index is 2.92. The second kappa shape index (κ2) is 6.78. The van der Waals surface area contributed by atoms with Crippen molar-refractivity contribution in [3.63, 3.8) is 0 Å². The molecule has 1 aromatic carbocycles. The summed E-state index contributed by atoms with van der Waals surface area (Å²) in [7, 11) is 0. The van der Waals surface area contributed by atoms with Gasteiger partial charge >= 0.3 is 5.97 Å². The molecule has 1 atom stereocenters. The van der Waals surface area contributed by atoms with Crippen molar-refractivity contribution in [2.45, 2.75) is 39.2 Å². The molecule has 1 rings (SSSR count). The maximum Gasteiger partial charge on any atom is 0.331 e. The van der Waals surface area contributed by atoms with E-state index in [1.54, 1.807) is 0 Å². The van der Waals surface area contributed by atoms with E-state index in [2.05, 4.69) is 28.2 Å². The Morgan fingerprint density at radius 1 is 1.39 bits per heavy atom. The molecule has 0 aliphatic heterocycles. The monoisotopic (exact) mass is 313 g/mol. The van der Waals surface area contributed by atoms with Crippen LogP contribution in [-0.4, -0.2) is 18.1 Å². The number of ether oxygens (including phenoxy) is 1. The predicted molar refractivity (Wildman–Crippen MR) is 77.7 cm³/mol. The van der Waals surface area contributed by atoms with Gasteiger partial charge in [-0.25, -0.2) is 4.79 Å². The predicted octanol–water partition coefficient (Wildman–Crippen LogP) is 3.98. The summed E-state index contributed by atoms with van der Waals surface area (Å²) in [6.45, 7) is 6.16. The summed E-state index contributed by atoms with van der Waals surface area (Å²) >= 11 is 3.47. The Morgan fingerprint density at radius 3 is 2.61 bits per heavy atom. The lowest BCUT2D eigenvalue weighted by Crippen LogP contribution is -2.44. The van der Waals surface area contributed by atoms with Crippen LogP contribution in [0, 0.1) is 0 Å². The van der Waals surface area contributed by atoms with Gasteiger partial charge in [-0.15, -0.1) is 0 Å². The van der Waals surface area contributed by atoms with Crippen LogP contribution < -0.4 is 5.32 Å². The average molecular weight is 314 g/mol. The second-order valence-corrected chi connectivity index (χ2v) is 5.26. The van der Waals surface area contributed by atoms with Gasteiger partial charge in [0.1, 0.15) is 5.54 Å². The number of carbonyl (C=O) groups is 1. The molecule has 0 aromatic heterocycles. The van der Waals surface area contributed by atoms with Gasteiger partial charge in [0.05, 0.1) is 6.61 Å². The molecular weight excluding hydrogens is 294 g/mol. The van der Waals surface area contributed by atoms with Crippen LogP contribution >= 0.6 is 15.9 Å². The summed E-state index contributed by atoms with van der Waals surface area (Å²) in [6, 6.07) is 7.76. The first-order chi connectivity index (χ1) is 8.53. The van der Waals surface area contributed by atoms with Crippen LogP contribution in [0.1, 0.15) is 33.6 Å². The zero-order chi connectivity index (χ0) is 13.6. The van der Waals surface area contributed by atoms with Crippen LogP contribution in [0.5, 0.6) is 0 Å². The van der Waals surface area contributed by atoms with Crippen molar-refractivity contribution in [1.82, 2.24) is 0 Å². The van der Waals surface area contributed by atoms with Gasteiger partial charge in [-0.3, -0.25) is 0 Å². The zero-order valence-corrected chi connectivity index (χ0v) is 12.7. The highest BCUT2D eigenvalue weighted by molar-refractivity contribution is 9.10. The molecule has 0 aliphatic rings. The van der Waals surface area contributed by atoms with E-state index in [1.807, 2.05) is 38.1 Å². The third-order valence-corrected chi connectivity index (χ3v) is 3.45. The molecule has 18 heavy (non-hydrogen) atoms. The van der Waals surface area contributed by atoms with Crippen LogP contribution in [-0.2, 0) is 9.53 Å². The third-order valence-electron chi connectivity index (χ3n) is 2.76. The van der Waals surface area contributed by atoms with Crippen molar-refractivity contribution in [2.75, 3.05) is 11.9 Å². The first-order valence-corrected chi connectivity index (χ1v) is 7.02. The minimum absolute atomic E-state index is 0.206. The maximum atomic E-state index is 12.1. The van der Waals surface area contributed by atoms with Crippen molar-refractivity contribution in [3.05, 3.63) is 28.7 Å². The van der Waals surface area contributed by atoms with Gasteiger partial charge in [-0.05, 0) is 48.3 Å². The minimum atomic E-state index is -0.686. The van der Waals surface area contributed by atoms with E-state index in [1.165, 1.54) is 0 Å². The molecule has 0 saturated heterocycles. The Bertz CT molecular complexity index is 409. The molecule has 0 radical (unpaired) electrons. The van der Waals surface area contributed by atoms with Crippen LogP contribution in [0.15, 0.2) is 28.7 Å². The normalized spacial score (nSPS) is 13.8. The first kappa shape index (κ1) is 15.0. The topological polar surface area (TPSA) is 38.3 Å². The molecule has 0 spiro atoms. The molecule has 0 amide bonds. The highest BCUT2D eigenvalue weighted by Gasteiger charge is 2.34. The number of nitrogens with one attached hydrogen (secondary N) is 1. The Hall–Kier alpha value is -1.03. The molecule has 1 unspecified atom stereocenters. The third kappa shape index (κ3) is 3.73. The molecule has 1 aromatic rings. The minimum Gasteiger partial charge on any atom is -0.464 e. The average Bonchev–Trinajstić information content (AvgIpc) is 2.33. The van der Waals surface area contributed by atoms with E-state index in [0.29, 0.717) is 6.61 Å². The van der Waals surface area contributed by atoms with Crippen molar-refractivity contribution < 1.29 is 9.53 Å². The van der Waals surface area contributed by atoms with E-state index in [9.17, 15) is 4.79 Å². The van der Waals surface area contributed by atoms with Crippen LogP contribution in [0.3, 0.4) is 0 Å². The van der Waals surface area contributed by atoms with Gasteiger partial charge in [-0.1, -0.05) is 25.5 Å². The molecule has 1 N–H and O–H groups in total. The largest absolute Gasteiger partial charge is 0.464 e. The van der Waals surface area contributed by atoms with Gasteiger partial charge in [0.15, 0.2) is 0 Å². The summed E-state index contributed by atoms with van der Waals surface area (Å²) < 4.78 is 6.10. The molecule has 0 aliphatic carbocycles. The van der Waals surface area contributed by atoms with Gasteiger partial charge in [0.2, 0.25) is 0 Å². The SMILES string of the molecule is CCCC(C)(Nc1ccccc1Br)C(=O)OCC. The van der Waals surface area contributed by atoms with Gasteiger partial charge in [0, 0.05) is 10.2 Å². The van der Waals surface area contributed by atoms with Crippen molar-refractivity contribution in [1.29, 1.82) is 0 Å². The molecule has 0 fully saturated rings. The number of rotatable bonds is 6. The fourth-order valence-electron chi connectivity index (χ4n) is 1.87. The van der Waals surface area contributed by atoms with Crippen molar-refractivity contribution in [3.8, 4) is 0 Å². The van der Waals surface area contributed by atoms with E-state index in [-0.39, 0.29) is 5.97 Å². The molecule has 3 nitrogen and oxygen atoms in total. The smallest absolute Gasteiger partial charge is 0.331 e. The second-order valence-electron chi connectivity index (χ2n) is 4.41. The standard InChI is InChI=1S/C14H20BrNO2/c1-4-10-14(3,13(17)18-5-2)16-12-9-7-6-8-11(12)15/h6-9,16H,4-5,10H2,1-3H3. The van der Waals surface area contributed by atoms with E-state index < -0.39 is 5.54 Å². The van der Waals surface area contributed by atoms with Gasteiger partial charge in [-0.2, -0.15) is 0 Å². The fourth-order valence-corrected chi connectivity index (χ4v) is 2.25. The summed E-state index contributed by atoms with van der Waals surface area (Å²) in [4.78, 5) is 12.1. The van der Waals surface area contributed by atoms with E-state index in [0.717, 1.165) is 23.0 Å². The lowest BCUT2D eigenvalue weighted by Gasteiger charge is -2.29. The van der Waals surface area contributed by atoms with E-state index in [4.69, 9.17) is 4.74 Å². The summed E-state index contributed by atoms with van der Waals surface area (Å²) in [5.74, 6) is -0.206. The summed E-state index contributed by atoms with van der Waals surface area (Å²) in [6.07, 6.45) is 1.64. The van der Waals surface area contributed by atoms with Crippen molar-refractivity contribution >= 4 is 27.6 Å². The molecule has 100 valence electrons. The zero-order valence-electron chi connectivity index (χ0n) is 11.1. The molecule has 0 heterocycles. The Morgan fingerprint density at radius 2 is 2.06 bits per heavy atom. The van der Waals surface area contributed by atoms with E-state index >= 15 is 0 Å². The van der Waals surface area contributed by atoms with Crippen LogP contribution in [0.4, 0.5) is 5.69 Å². The fraction of sp³-hybridized carbons (Fsp3) is 0.500. The molecule has 0 bridgehead atoms. The summed E-state index contributed by atoms with van der Waals surface area (Å²) in [5.41, 5.74) is 0.218.